The number of aliphatic carboxylic acids is 1. The lowest BCUT2D eigenvalue weighted by Crippen LogP contribution is -2.25. The fraction of sp³-hybridized carbons (Fsp3) is 0.227. The van der Waals surface area contributed by atoms with Crippen molar-refractivity contribution in [2.24, 2.45) is 5.73 Å². The predicted molar refractivity (Wildman–Crippen MR) is 109 cm³/mol. The third kappa shape index (κ3) is 3.19. The van der Waals surface area contributed by atoms with Crippen molar-refractivity contribution < 1.29 is 19.5 Å². The van der Waals surface area contributed by atoms with Crippen molar-refractivity contribution in [3.63, 3.8) is 0 Å². The molecule has 0 saturated heterocycles. The molecule has 1 heterocycles. The van der Waals surface area contributed by atoms with Gasteiger partial charge < -0.3 is 15.4 Å². The van der Waals surface area contributed by atoms with Crippen LogP contribution in [0, 0.1) is 0 Å². The van der Waals surface area contributed by atoms with Crippen LogP contribution < -0.4 is 5.73 Å². The van der Waals surface area contributed by atoms with Crippen LogP contribution in [0.15, 0.2) is 42.5 Å². The van der Waals surface area contributed by atoms with Crippen LogP contribution in [-0.2, 0) is 22.6 Å². The third-order valence-electron chi connectivity index (χ3n) is 5.53. The molecule has 3 N–H and O–H groups in total. The Hall–Kier alpha value is -3.12. The molecule has 7 heteroatoms. The molecule has 1 aliphatic carbocycles. The van der Waals surface area contributed by atoms with Crippen LogP contribution in [0.25, 0.3) is 10.9 Å². The number of hydrogen-bond acceptors (Lipinski definition) is 3. The highest BCUT2D eigenvalue weighted by Crippen LogP contribution is 2.43. The van der Waals surface area contributed by atoms with Gasteiger partial charge >= 0.3 is 5.97 Å². The van der Waals surface area contributed by atoms with Gasteiger partial charge in [-0.05, 0) is 42.5 Å². The first-order valence-electron chi connectivity index (χ1n) is 9.34. The van der Waals surface area contributed by atoms with Gasteiger partial charge in [0.05, 0.1) is 16.5 Å². The minimum absolute atomic E-state index is 0.0353. The van der Waals surface area contributed by atoms with E-state index < -0.39 is 23.6 Å². The zero-order valence-electron chi connectivity index (χ0n) is 15.5. The van der Waals surface area contributed by atoms with Gasteiger partial charge in [-0.15, -0.1) is 0 Å². The molecule has 0 aliphatic heterocycles. The van der Waals surface area contributed by atoms with E-state index >= 15 is 0 Å². The van der Waals surface area contributed by atoms with Crippen LogP contribution in [0.1, 0.15) is 45.9 Å². The topological polar surface area (TPSA) is 102 Å². The van der Waals surface area contributed by atoms with Crippen molar-refractivity contribution in [3.05, 3.63) is 69.9 Å². The molecule has 148 valence electrons. The van der Waals surface area contributed by atoms with Gasteiger partial charge in [-0.2, -0.15) is 0 Å². The number of nitrogens with two attached hydrogens (primary N) is 1. The van der Waals surface area contributed by atoms with Gasteiger partial charge in [-0.25, -0.2) is 4.79 Å². The average molecular weight is 411 g/mol. The number of benzene rings is 2. The maximum atomic E-state index is 12.4. The Morgan fingerprint density at radius 3 is 2.52 bits per heavy atom. The van der Waals surface area contributed by atoms with E-state index in [1.807, 2.05) is 34.9 Å². The SMILES string of the molecule is NC(=O)C1CCCc2c1c1c(C(=O)C(=O)O)ccc(Cl)c1n2Cc1ccccc1. The van der Waals surface area contributed by atoms with Crippen LogP contribution in [0.4, 0.5) is 0 Å². The molecule has 0 radical (unpaired) electrons. The lowest BCUT2D eigenvalue weighted by Gasteiger charge is -2.22. The molecular weight excluding hydrogens is 392 g/mol. The summed E-state index contributed by atoms with van der Waals surface area (Å²) in [7, 11) is 0. The number of fused-ring (bicyclic) bond motifs is 3. The molecule has 6 nitrogen and oxygen atoms in total. The highest BCUT2D eigenvalue weighted by molar-refractivity contribution is 6.44. The zero-order chi connectivity index (χ0) is 20.7. The van der Waals surface area contributed by atoms with Crippen LogP contribution >= 0.6 is 11.6 Å². The smallest absolute Gasteiger partial charge is 0.377 e. The van der Waals surface area contributed by atoms with Gasteiger partial charge in [-0.3, -0.25) is 9.59 Å². The summed E-state index contributed by atoms with van der Waals surface area (Å²) in [6, 6.07) is 12.7. The number of halogens is 1. The lowest BCUT2D eigenvalue weighted by molar-refractivity contribution is -0.131. The molecule has 0 fully saturated rings. The molecule has 0 saturated carbocycles. The number of nitrogens with zero attached hydrogens (tertiary/aromatic N) is 1. The second-order valence-corrected chi connectivity index (χ2v) is 7.64. The number of amides is 1. The first-order chi connectivity index (χ1) is 13.9. The number of carboxylic acids is 1. The Kier molecular flexibility index (Phi) is 4.88. The molecule has 0 spiro atoms. The minimum atomic E-state index is -1.55. The standard InChI is InChI=1S/C22H19ClN2O4/c23-15-10-9-13(20(26)22(28)29)18-17-14(21(24)27)7-4-8-16(17)25(19(15)18)11-12-5-2-1-3-6-12/h1-3,5-6,9-10,14H,4,7-8,11H2,(H2,24,27)(H,28,29). The molecular formula is C22H19ClN2O4. The lowest BCUT2D eigenvalue weighted by atomic mass is 9.83. The van der Waals surface area contributed by atoms with Gasteiger partial charge in [-0.1, -0.05) is 41.9 Å². The number of rotatable bonds is 5. The van der Waals surface area contributed by atoms with Gasteiger partial charge in [0.25, 0.3) is 5.78 Å². The van der Waals surface area contributed by atoms with Crippen LogP contribution in [0.3, 0.4) is 0 Å². The fourth-order valence-electron chi connectivity index (χ4n) is 4.32. The Bertz CT molecular complexity index is 1150. The van der Waals surface area contributed by atoms with Gasteiger partial charge in [0.1, 0.15) is 0 Å². The molecule has 1 amide bonds. The normalized spacial score (nSPS) is 15.8. The van der Waals surface area contributed by atoms with E-state index in [0.717, 1.165) is 17.7 Å². The van der Waals surface area contributed by atoms with Crippen molar-refractivity contribution >= 4 is 40.2 Å². The number of primary amides is 1. The Morgan fingerprint density at radius 1 is 1.14 bits per heavy atom. The van der Waals surface area contributed by atoms with E-state index in [1.54, 1.807) is 0 Å². The van der Waals surface area contributed by atoms with Gasteiger partial charge in [0.2, 0.25) is 5.91 Å². The molecule has 1 aliphatic rings. The Labute approximate surface area is 171 Å². The zero-order valence-corrected chi connectivity index (χ0v) is 16.3. The van der Waals surface area contributed by atoms with Crippen LogP contribution in [-0.4, -0.2) is 27.3 Å². The first-order valence-corrected chi connectivity index (χ1v) is 9.72. The molecule has 3 aromatic rings. The van der Waals surface area contributed by atoms with Crippen molar-refractivity contribution in [2.45, 2.75) is 31.7 Å². The summed E-state index contributed by atoms with van der Waals surface area (Å²) in [5.41, 5.74) is 8.83. The summed E-state index contributed by atoms with van der Waals surface area (Å²) >= 11 is 6.54. The first kappa shape index (κ1) is 19.2. The van der Waals surface area contributed by atoms with Crippen molar-refractivity contribution in [1.82, 2.24) is 4.57 Å². The Balaban J connectivity index is 2.08. The molecule has 4 rings (SSSR count). The largest absolute Gasteiger partial charge is 0.475 e. The third-order valence-corrected chi connectivity index (χ3v) is 5.83. The highest BCUT2D eigenvalue weighted by atomic mass is 35.5. The fourth-order valence-corrected chi connectivity index (χ4v) is 4.58. The number of aromatic nitrogens is 1. The number of carboxylic acid groups (broad SMARTS) is 1. The predicted octanol–water partition coefficient (Wildman–Crippen LogP) is 3.52. The van der Waals surface area contributed by atoms with Crippen molar-refractivity contribution in [1.29, 1.82) is 0 Å². The highest BCUT2D eigenvalue weighted by Gasteiger charge is 2.34. The van der Waals surface area contributed by atoms with E-state index in [4.69, 9.17) is 17.3 Å². The van der Waals surface area contributed by atoms with Crippen molar-refractivity contribution in [3.8, 4) is 0 Å². The summed E-state index contributed by atoms with van der Waals surface area (Å²) in [5, 5.41) is 10.1. The van der Waals surface area contributed by atoms with Crippen LogP contribution in [0.5, 0.6) is 0 Å². The molecule has 0 bridgehead atoms. The second kappa shape index (κ2) is 7.37. The molecule has 1 atom stereocenters. The van der Waals surface area contributed by atoms with Crippen LogP contribution in [0.2, 0.25) is 5.02 Å². The van der Waals surface area contributed by atoms with Gasteiger partial charge in [0.15, 0.2) is 0 Å². The molecule has 1 aromatic heterocycles. The van der Waals surface area contributed by atoms with E-state index in [1.165, 1.54) is 12.1 Å². The van der Waals surface area contributed by atoms with Crippen molar-refractivity contribution in [2.75, 3.05) is 0 Å². The quantitative estimate of drug-likeness (QED) is 0.496. The monoisotopic (exact) mass is 410 g/mol. The summed E-state index contributed by atoms with van der Waals surface area (Å²) < 4.78 is 2.00. The summed E-state index contributed by atoms with van der Waals surface area (Å²) in [4.78, 5) is 36.1. The summed E-state index contributed by atoms with van der Waals surface area (Å²) in [6.07, 6.45) is 2.02. The van der Waals surface area contributed by atoms with E-state index in [-0.39, 0.29) is 5.56 Å². The average Bonchev–Trinajstić information content (AvgIpc) is 3.04. The number of carbonyl (C=O) groups excluding carboxylic acids is 2. The maximum absolute atomic E-state index is 12.4. The molecule has 1 unspecified atom stereocenters. The van der Waals surface area contributed by atoms with Gasteiger partial charge in [0, 0.05) is 23.2 Å². The van der Waals surface area contributed by atoms with E-state index in [0.29, 0.717) is 40.9 Å². The number of carbonyl (C=O) groups is 3. The number of ketones is 1. The minimum Gasteiger partial charge on any atom is -0.475 e. The Morgan fingerprint density at radius 2 is 1.86 bits per heavy atom. The second-order valence-electron chi connectivity index (χ2n) is 7.23. The molecule has 29 heavy (non-hydrogen) atoms. The summed E-state index contributed by atoms with van der Waals surface area (Å²) in [6.45, 7) is 0.489. The molecule has 2 aromatic carbocycles. The van der Waals surface area contributed by atoms with E-state index in [9.17, 15) is 19.5 Å². The van der Waals surface area contributed by atoms with E-state index in [2.05, 4.69) is 0 Å². The maximum Gasteiger partial charge on any atom is 0.377 e. The number of Topliss-reactive ketones (excluding diaryl/α,β-unsaturated/α-hetero) is 1. The number of hydrogen-bond donors (Lipinski definition) is 2. The summed E-state index contributed by atoms with van der Waals surface area (Å²) in [5.74, 6) is -3.65.